The first-order chi connectivity index (χ1) is 7.97. The maximum Gasteiger partial charge on any atom is 0.0190 e. The molecule has 100 valence electrons. The van der Waals surface area contributed by atoms with Gasteiger partial charge in [-0.3, -0.25) is 4.90 Å². The Morgan fingerprint density at radius 3 is 2.65 bits per heavy atom. The van der Waals surface area contributed by atoms with Crippen LogP contribution in [0.2, 0.25) is 0 Å². The van der Waals surface area contributed by atoms with E-state index in [0.717, 1.165) is 6.54 Å². The lowest BCUT2D eigenvalue weighted by Crippen LogP contribution is -2.36. The van der Waals surface area contributed by atoms with E-state index in [2.05, 4.69) is 44.0 Å². The van der Waals surface area contributed by atoms with E-state index in [1.54, 1.807) is 5.57 Å². The van der Waals surface area contributed by atoms with Gasteiger partial charge in [0.1, 0.15) is 0 Å². The van der Waals surface area contributed by atoms with Crippen LogP contribution in [0.1, 0.15) is 53.4 Å². The van der Waals surface area contributed by atoms with Crippen molar-refractivity contribution >= 4 is 0 Å². The molecule has 1 rings (SSSR count). The number of nitrogens with one attached hydrogen (secondary N) is 1. The van der Waals surface area contributed by atoms with Crippen LogP contribution in [0.25, 0.3) is 0 Å². The summed E-state index contributed by atoms with van der Waals surface area (Å²) in [6, 6.07) is 0. The van der Waals surface area contributed by atoms with E-state index in [4.69, 9.17) is 0 Å². The van der Waals surface area contributed by atoms with Crippen LogP contribution in [0.3, 0.4) is 0 Å². The van der Waals surface area contributed by atoms with Crippen LogP contribution in [-0.4, -0.2) is 36.6 Å². The minimum absolute atomic E-state index is 0.273. The third-order valence-electron chi connectivity index (χ3n) is 3.22. The average molecular weight is 238 g/mol. The zero-order valence-electron chi connectivity index (χ0n) is 12.2. The number of hydrogen-bond acceptors (Lipinski definition) is 2. The molecule has 1 N–H and O–H groups in total. The van der Waals surface area contributed by atoms with E-state index in [-0.39, 0.29) is 5.54 Å². The Kier molecular flexibility index (Phi) is 6.21. The van der Waals surface area contributed by atoms with Crippen LogP contribution >= 0.6 is 0 Å². The van der Waals surface area contributed by atoms with E-state index >= 15 is 0 Å². The molecule has 0 unspecified atom stereocenters. The zero-order valence-corrected chi connectivity index (χ0v) is 12.2. The minimum atomic E-state index is 0.273. The maximum absolute atomic E-state index is 3.54. The van der Waals surface area contributed by atoms with Crippen LogP contribution in [0.4, 0.5) is 0 Å². The summed E-state index contributed by atoms with van der Waals surface area (Å²) in [5, 5.41) is 3.54. The highest BCUT2D eigenvalue weighted by Crippen LogP contribution is 2.10. The molecule has 0 aromatic rings. The van der Waals surface area contributed by atoms with E-state index in [9.17, 15) is 0 Å². The van der Waals surface area contributed by atoms with Crippen molar-refractivity contribution < 1.29 is 0 Å². The monoisotopic (exact) mass is 238 g/mol. The number of rotatable bonds is 6. The second-order valence-electron chi connectivity index (χ2n) is 6.35. The molecule has 0 aromatic carbocycles. The van der Waals surface area contributed by atoms with Crippen molar-refractivity contribution in [3.05, 3.63) is 11.6 Å². The molecule has 1 aliphatic rings. The summed E-state index contributed by atoms with van der Waals surface area (Å²) in [7, 11) is 0. The molecule has 17 heavy (non-hydrogen) atoms. The molecular weight excluding hydrogens is 208 g/mol. The van der Waals surface area contributed by atoms with Crippen molar-refractivity contribution in [3.8, 4) is 0 Å². The lowest BCUT2D eigenvalue weighted by molar-refractivity contribution is 0.282. The third-order valence-corrected chi connectivity index (χ3v) is 3.22. The summed E-state index contributed by atoms with van der Waals surface area (Å²) in [5.41, 5.74) is 1.82. The molecule has 0 radical (unpaired) electrons. The Balaban J connectivity index is 1.96. The Morgan fingerprint density at radius 2 is 2.00 bits per heavy atom. The molecule has 0 spiro atoms. The van der Waals surface area contributed by atoms with Crippen LogP contribution in [0.5, 0.6) is 0 Å². The van der Waals surface area contributed by atoms with E-state index < -0.39 is 0 Å². The minimum Gasteiger partial charge on any atom is -0.312 e. The molecule has 1 aliphatic heterocycles. The SMILES string of the molecule is CC1=CCCN(CCCCCNC(C)(C)C)C1. The van der Waals surface area contributed by atoms with Crippen molar-refractivity contribution in [1.82, 2.24) is 10.2 Å². The lowest BCUT2D eigenvalue weighted by Gasteiger charge is -2.26. The summed E-state index contributed by atoms with van der Waals surface area (Å²) >= 11 is 0. The van der Waals surface area contributed by atoms with Gasteiger partial charge in [-0.15, -0.1) is 0 Å². The first-order valence-corrected chi connectivity index (χ1v) is 7.10. The van der Waals surface area contributed by atoms with Gasteiger partial charge in [-0.1, -0.05) is 18.1 Å². The Labute approximate surface area is 107 Å². The highest BCUT2D eigenvalue weighted by Gasteiger charge is 2.09. The molecule has 2 heteroatoms. The van der Waals surface area contributed by atoms with Gasteiger partial charge in [-0.05, 0) is 60.0 Å². The molecule has 0 aliphatic carbocycles. The van der Waals surface area contributed by atoms with Gasteiger partial charge in [-0.25, -0.2) is 0 Å². The fraction of sp³-hybridized carbons (Fsp3) is 0.867. The van der Waals surface area contributed by atoms with Crippen molar-refractivity contribution in [1.29, 1.82) is 0 Å². The van der Waals surface area contributed by atoms with Gasteiger partial charge >= 0.3 is 0 Å². The highest BCUT2D eigenvalue weighted by molar-refractivity contribution is 5.04. The van der Waals surface area contributed by atoms with Crippen molar-refractivity contribution in [2.45, 2.75) is 58.9 Å². The van der Waals surface area contributed by atoms with Crippen LogP contribution in [0.15, 0.2) is 11.6 Å². The van der Waals surface area contributed by atoms with Crippen molar-refractivity contribution in [2.75, 3.05) is 26.2 Å². The van der Waals surface area contributed by atoms with Crippen molar-refractivity contribution in [3.63, 3.8) is 0 Å². The third kappa shape index (κ3) is 7.56. The number of nitrogens with zero attached hydrogens (tertiary/aromatic N) is 1. The topological polar surface area (TPSA) is 15.3 Å². The fourth-order valence-corrected chi connectivity index (χ4v) is 2.28. The molecule has 0 fully saturated rings. The van der Waals surface area contributed by atoms with E-state index in [0.29, 0.717) is 0 Å². The van der Waals surface area contributed by atoms with Gasteiger partial charge in [0.2, 0.25) is 0 Å². The fourth-order valence-electron chi connectivity index (χ4n) is 2.28. The van der Waals surface area contributed by atoms with Crippen molar-refractivity contribution in [2.24, 2.45) is 0 Å². The Morgan fingerprint density at radius 1 is 1.24 bits per heavy atom. The molecule has 1 heterocycles. The molecular formula is C15H30N2. The van der Waals surface area contributed by atoms with E-state index in [1.165, 1.54) is 45.3 Å². The second-order valence-corrected chi connectivity index (χ2v) is 6.35. The van der Waals surface area contributed by atoms with Gasteiger partial charge in [0.15, 0.2) is 0 Å². The summed E-state index contributed by atoms with van der Waals surface area (Å²) < 4.78 is 0. The first-order valence-electron chi connectivity index (χ1n) is 7.10. The first kappa shape index (κ1) is 14.7. The molecule has 0 saturated carbocycles. The van der Waals surface area contributed by atoms with Gasteiger partial charge in [0, 0.05) is 18.6 Å². The average Bonchev–Trinajstić information content (AvgIpc) is 2.22. The normalized spacial score (nSPS) is 18.2. The summed E-state index contributed by atoms with van der Waals surface area (Å²) in [6.07, 6.45) is 7.63. The standard InChI is InChI=1S/C15H30N2/c1-14-9-8-12-17(13-14)11-7-5-6-10-16-15(2,3)4/h9,16H,5-8,10-13H2,1-4H3. The quantitative estimate of drug-likeness (QED) is 0.565. The maximum atomic E-state index is 3.54. The Bertz CT molecular complexity index is 238. The predicted octanol–water partition coefficient (Wildman–Crippen LogP) is 3.20. The van der Waals surface area contributed by atoms with Crippen LogP contribution in [0, 0.1) is 0 Å². The predicted molar refractivity (Wildman–Crippen MR) is 76.4 cm³/mol. The van der Waals surface area contributed by atoms with Crippen LogP contribution in [-0.2, 0) is 0 Å². The van der Waals surface area contributed by atoms with Gasteiger partial charge in [-0.2, -0.15) is 0 Å². The summed E-state index contributed by atoms with van der Waals surface area (Å²) in [5.74, 6) is 0. The molecule has 0 aromatic heterocycles. The number of hydrogen-bond donors (Lipinski definition) is 1. The largest absolute Gasteiger partial charge is 0.312 e. The van der Waals surface area contributed by atoms with Gasteiger partial charge in [0.05, 0.1) is 0 Å². The lowest BCUT2D eigenvalue weighted by atomic mass is 10.1. The Hall–Kier alpha value is -0.340. The summed E-state index contributed by atoms with van der Waals surface area (Å²) in [6.45, 7) is 13.8. The number of unbranched alkanes of at least 4 members (excludes halogenated alkanes) is 2. The molecule has 0 bridgehead atoms. The molecule has 0 amide bonds. The van der Waals surface area contributed by atoms with Crippen LogP contribution < -0.4 is 5.32 Å². The zero-order chi connectivity index (χ0) is 12.7. The van der Waals surface area contributed by atoms with Gasteiger partial charge in [0.25, 0.3) is 0 Å². The highest BCUT2D eigenvalue weighted by atomic mass is 15.1. The van der Waals surface area contributed by atoms with E-state index in [1.807, 2.05) is 0 Å². The van der Waals surface area contributed by atoms with Gasteiger partial charge < -0.3 is 5.32 Å². The smallest absolute Gasteiger partial charge is 0.0190 e. The molecule has 2 nitrogen and oxygen atoms in total. The summed E-state index contributed by atoms with van der Waals surface area (Å²) in [4.78, 5) is 2.59. The second kappa shape index (κ2) is 7.17. The molecule has 0 atom stereocenters. The molecule has 0 saturated heterocycles.